The van der Waals surface area contributed by atoms with Gasteiger partial charge in [0.05, 0.1) is 13.0 Å². The van der Waals surface area contributed by atoms with Gasteiger partial charge in [-0.15, -0.1) is 0 Å². The molecule has 23 heavy (non-hydrogen) atoms. The summed E-state index contributed by atoms with van der Waals surface area (Å²) in [6.07, 6.45) is 8.27. The number of hydrogen-bond donors (Lipinski definition) is 0. The molecular weight excluding hydrogens is 288 g/mol. The summed E-state index contributed by atoms with van der Waals surface area (Å²) in [5.74, 6) is 1.82. The van der Waals surface area contributed by atoms with E-state index in [4.69, 9.17) is 9.47 Å². The highest BCUT2D eigenvalue weighted by atomic mass is 16.6. The molecule has 3 atom stereocenters. The number of fused-ring (bicyclic) bond motifs is 1. The van der Waals surface area contributed by atoms with Crippen LogP contribution in [0.15, 0.2) is 36.4 Å². The van der Waals surface area contributed by atoms with Gasteiger partial charge in [0.15, 0.2) is 0 Å². The zero-order chi connectivity index (χ0) is 16.7. The van der Waals surface area contributed by atoms with Gasteiger partial charge in [0, 0.05) is 5.92 Å². The Bertz CT molecular complexity index is 535. The molecule has 0 spiro atoms. The molecule has 1 saturated heterocycles. The minimum atomic E-state index is -0.0223. The number of ether oxygens (including phenoxy) is 2. The van der Waals surface area contributed by atoms with Gasteiger partial charge in [0.25, 0.3) is 0 Å². The molecule has 1 aromatic rings. The fourth-order valence-electron chi connectivity index (χ4n) is 3.36. The second-order valence-corrected chi connectivity index (χ2v) is 6.02. The summed E-state index contributed by atoms with van der Waals surface area (Å²) in [5, 5.41) is 0. The number of allylic oxidation sites excluding steroid dienone is 1. The van der Waals surface area contributed by atoms with Crippen molar-refractivity contribution in [3.63, 3.8) is 0 Å². The van der Waals surface area contributed by atoms with E-state index in [9.17, 15) is 4.79 Å². The van der Waals surface area contributed by atoms with Crippen molar-refractivity contribution in [2.75, 3.05) is 6.61 Å². The summed E-state index contributed by atoms with van der Waals surface area (Å²) in [6.45, 7) is 6.75. The van der Waals surface area contributed by atoms with Crippen molar-refractivity contribution in [1.29, 1.82) is 0 Å². The Kier molecular flexibility index (Phi) is 6.69. The van der Waals surface area contributed by atoms with Crippen LogP contribution < -0.4 is 4.74 Å². The van der Waals surface area contributed by atoms with Gasteiger partial charge in [-0.05, 0) is 49.8 Å². The van der Waals surface area contributed by atoms with Gasteiger partial charge in [0.2, 0.25) is 0 Å². The van der Waals surface area contributed by atoms with Crippen LogP contribution in [-0.2, 0) is 9.53 Å². The number of benzene rings is 1. The van der Waals surface area contributed by atoms with Crippen LogP contribution in [0.25, 0.3) is 0 Å². The first-order chi connectivity index (χ1) is 11.2. The molecule has 2 aliphatic rings. The molecule has 0 aromatic heterocycles. The average molecular weight is 316 g/mol. The number of aryl methyl sites for hydroxylation is 1. The predicted molar refractivity (Wildman–Crippen MR) is 92.5 cm³/mol. The van der Waals surface area contributed by atoms with Gasteiger partial charge in [-0.2, -0.15) is 0 Å². The molecule has 1 aliphatic heterocycles. The number of esters is 1. The van der Waals surface area contributed by atoms with Gasteiger partial charge in [-0.25, -0.2) is 0 Å². The lowest BCUT2D eigenvalue weighted by molar-refractivity contribution is -0.141. The van der Waals surface area contributed by atoms with Crippen molar-refractivity contribution in [3.05, 3.63) is 42.0 Å². The predicted octanol–water partition coefficient (Wildman–Crippen LogP) is 4.69. The molecule has 2 fully saturated rings. The van der Waals surface area contributed by atoms with E-state index >= 15 is 0 Å². The van der Waals surface area contributed by atoms with Crippen LogP contribution in [0.2, 0.25) is 0 Å². The highest BCUT2D eigenvalue weighted by molar-refractivity contribution is 5.72. The Hall–Kier alpha value is -1.77. The van der Waals surface area contributed by atoms with Crippen LogP contribution in [0.4, 0.5) is 0 Å². The Morgan fingerprint density at radius 2 is 2.13 bits per heavy atom. The minimum absolute atomic E-state index is 0.0223. The lowest BCUT2D eigenvalue weighted by Gasteiger charge is -2.11. The first kappa shape index (κ1) is 17.6. The summed E-state index contributed by atoms with van der Waals surface area (Å²) < 4.78 is 11.0. The maximum Gasteiger partial charge on any atom is 0.306 e. The zero-order valence-corrected chi connectivity index (χ0v) is 14.5. The van der Waals surface area contributed by atoms with Crippen molar-refractivity contribution in [3.8, 4) is 5.75 Å². The van der Waals surface area contributed by atoms with Gasteiger partial charge >= 0.3 is 5.97 Å². The molecule has 0 radical (unpaired) electrons. The molecular formula is C20H28O3. The molecule has 3 rings (SSSR count). The second kappa shape index (κ2) is 8.76. The van der Waals surface area contributed by atoms with Crippen molar-refractivity contribution < 1.29 is 14.3 Å². The third-order valence-electron chi connectivity index (χ3n) is 4.42. The van der Waals surface area contributed by atoms with Crippen LogP contribution >= 0.6 is 0 Å². The quantitative estimate of drug-likeness (QED) is 0.449. The highest BCUT2D eigenvalue weighted by Gasteiger charge is 2.43. The van der Waals surface area contributed by atoms with Crippen molar-refractivity contribution in [2.24, 2.45) is 11.8 Å². The average Bonchev–Trinajstić information content (AvgIpc) is 3.09. The zero-order valence-electron chi connectivity index (χ0n) is 14.5. The molecule has 1 heterocycles. The van der Waals surface area contributed by atoms with Gasteiger partial charge in [-0.3, -0.25) is 4.79 Å². The summed E-state index contributed by atoms with van der Waals surface area (Å²) >= 11 is 0. The number of hydrogen-bond acceptors (Lipinski definition) is 3. The van der Waals surface area contributed by atoms with E-state index in [0.717, 1.165) is 25.0 Å². The molecule has 126 valence electrons. The Labute approximate surface area is 139 Å². The minimum Gasteiger partial charge on any atom is -0.493 e. The molecule has 1 unspecified atom stereocenters. The van der Waals surface area contributed by atoms with E-state index in [1.54, 1.807) is 0 Å². The van der Waals surface area contributed by atoms with Crippen LogP contribution in [-0.4, -0.2) is 18.7 Å². The summed E-state index contributed by atoms with van der Waals surface area (Å²) in [6, 6.07) is 8.11. The first-order valence-electron chi connectivity index (χ1n) is 8.78. The summed E-state index contributed by atoms with van der Waals surface area (Å²) in [7, 11) is 0. The van der Waals surface area contributed by atoms with E-state index in [1.165, 1.54) is 5.56 Å². The Morgan fingerprint density at radius 1 is 1.30 bits per heavy atom. The third-order valence-corrected chi connectivity index (χ3v) is 4.42. The highest BCUT2D eigenvalue weighted by Crippen LogP contribution is 2.41. The molecule has 1 saturated carbocycles. The molecule has 0 amide bonds. The molecule has 3 nitrogen and oxygen atoms in total. The van der Waals surface area contributed by atoms with Gasteiger partial charge in [-0.1, -0.05) is 38.1 Å². The third kappa shape index (κ3) is 4.85. The number of rotatable bonds is 5. The fourth-order valence-corrected chi connectivity index (χ4v) is 3.36. The standard InChI is InChI=1S/C18H22O3.C2H6/c1-13-5-4-7-15(11-13)20-10-3-2-6-14-8-9-17-16(14)12-18(19)21-17;1-2/h2,4-7,11,14,16-17H,3,8-10,12H2,1H3;1-2H3/b6-2+;/t14?,16-,17+;/m1./s1. The van der Waals surface area contributed by atoms with E-state index < -0.39 is 0 Å². The molecule has 0 bridgehead atoms. The summed E-state index contributed by atoms with van der Waals surface area (Å²) in [4.78, 5) is 11.3. The largest absolute Gasteiger partial charge is 0.493 e. The number of carbonyl (C=O) groups is 1. The lowest BCUT2D eigenvalue weighted by Crippen LogP contribution is -2.12. The Morgan fingerprint density at radius 3 is 2.91 bits per heavy atom. The normalized spacial score (nSPS) is 25.7. The molecule has 3 heteroatoms. The molecule has 1 aliphatic carbocycles. The van der Waals surface area contributed by atoms with E-state index in [-0.39, 0.29) is 12.1 Å². The lowest BCUT2D eigenvalue weighted by atomic mass is 9.93. The SMILES string of the molecule is CC.Cc1cccc(OCC/C=C/C2CC[C@@H]3OC(=O)C[C@H]23)c1. The van der Waals surface area contributed by atoms with E-state index in [2.05, 4.69) is 25.1 Å². The van der Waals surface area contributed by atoms with E-state index in [1.807, 2.05) is 32.0 Å². The van der Waals surface area contributed by atoms with Crippen LogP contribution in [0.5, 0.6) is 5.75 Å². The molecule has 0 N–H and O–H groups in total. The smallest absolute Gasteiger partial charge is 0.306 e. The van der Waals surface area contributed by atoms with E-state index in [0.29, 0.717) is 24.9 Å². The van der Waals surface area contributed by atoms with Gasteiger partial charge in [0.1, 0.15) is 11.9 Å². The van der Waals surface area contributed by atoms with Crippen molar-refractivity contribution in [2.45, 2.75) is 52.6 Å². The van der Waals surface area contributed by atoms with Crippen LogP contribution in [0.1, 0.15) is 45.1 Å². The number of carbonyl (C=O) groups excluding carboxylic acids is 1. The van der Waals surface area contributed by atoms with Gasteiger partial charge < -0.3 is 9.47 Å². The van der Waals surface area contributed by atoms with Crippen LogP contribution in [0.3, 0.4) is 0 Å². The maximum absolute atomic E-state index is 11.3. The van der Waals surface area contributed by atoms with Crippen LogP contribution in [0, 0.1) is 18.8 Å². The first-order valence-corrected chi connectivity index (χ1v) is 8.78. The maximum atomic E-state index is 11.3. The molecule has 1 aromatic carbocycles. The van der Waals surface area contributed by atoms with Crippen molar-refractivity contribution in [1.82, 2.24) is 0 Å². The van der Waals surface area contributed by atoms with Crippen molar-refractivity contribution >= 4 is 5.97 Å². The monoisotopic (exact) mass is 316 g/mol. The summed E-state index contributed by atoms with van der Waals surface area (Å²) in [5.41, 5.74) is 1.21. The topological polar surface area (TPSA) is 35.5 Å². The second-order valence-electron chi connectivity index (χ2n) is 6.02. The fraction of sp³-hybridized carbons (Fsp3) is 0.550. The Balaban J connectivity index is 0.000000924.